The number of halogens is 1. The number of carbonyl (C=O) groups excluding carboxylic acids is 1. The van der Waals surface area contributed by atoms with E-state index in [1.807, 2.05) is 42.5 Å². The topological polar surface area (TPSA) is 59.0 Å². The molecule has 1 saturated carbocycles. The first-order valence-electron chi connectivity index (χ1n) is 10.3. The second-order valence-electron chi connectivity index (χ2n) is 7.70. The third-order valence-electron chi connectivity index (χ3n) is 5.71. The molecule has 6 heteroatoms. The summed E-state index contributed by atoms with van der Waals surface area (Å²) in [6.45, 7) is 0. The Balaban J connectivity index is 1.48. The van der Waals surface area contributed by atoms with Gasteiger partial charge in [0.05, 0.1) is 18.2 Å². The van der Waals surface area contributed by atoms with Crippen LogP contribution in [0.3, 0.4) is 0 Å². The van der Waals surface area contributed by atoms with Gasteiger partial charge >= 0.3 is 0 Å². The van der Waals surface area contributed by atoms with Crippen LogP contribution < -0.4 is 0 Å². The van der Waals surface area contributed by atoms with Crippen molar-refractivity contribution in [1.29, 1.82) is 0 Å². The molecule has 2 aliphatic rings. The molecule has 156 valence electrons. The number of carbonyl (C=O) groups is 1. The fraction of sp³-hybridized carbons (Fsp3) is 0.200. The number of fused-ring (bicyclic) bond motifs is 1. The quantitative estimate of drug-likeness (QED) is 0.450. The maximum atomic E-state index is 13.2. The molecular formula is C25H21ClN2O3. The first kappa shape index (κ1) is 19.6. The van der Waals surface area contributed by atoms with Crippen LogP contribution in [-0.4, -0.2) is 16.6 Å². The number of furan rings is 2. The van der Waals surface area contributed by atoms with Crippen molar-refractivity contribution in [3.63, 3.8) is 0 Å². The number of hydrogen-bond donors (Lipinski definition) is 0. The lowest BCUT2D eigenvalue weighted by atomic mass is 9.79. The van der Waals surface area contributed by atoms with Crippen LogP contribution in [0.15, 0.2) is 86.6 Å². The molecule has 1 amide bonds. The molecule has 0 spiro atoms. The van der Waals surface area contributed by atoms with Crippen LogP contribution >= 0.6 is 11.6 Å². The highest BCUT2D eigenvalue weighted by Gasteiger charge is 2.44. The zero-order chi connectivity index (χ0) is 21.2. The highest BCUT2D eigenvalue weighted by atomic mass is 35.5. The van der Waals surface area contributed by atoms with Gasteiger partial charge in [-0.3, -0.25) is 4.79 Å². The van der Waals surface area contributed by atoms with Gasteiger partial charge in [-0.25, -0.2) is 5.01 Å². The largest absolute Gasteiger partial charge is 0.467 e. The number of benzene rings is 1. The van der Waals surface area contributed by atoms with Crippen LogP contribution in [0.1, 0.15) is 42.4 Å². The molecule has 31 heavy (non-hydrogen) atoms. The molecule has 1 aromatic carbocycles. The van der Waals surface area contributed by atoms with Crippen LogP contribution in [0.5, 0.6) is 0 Å². The fourth-order valence-electron chi connectivity index (χ4n) is 4.28. The van der Waals surface area contributed by atoms with Crippen molar-refractivity contribution in [2.24, 2.45) is 11.0 Å². The summed E-state index contributed by atoms with van der Waals surface area (Å²) in [6, 6.07) is 14.6. The number of allylic oxidation sites excluding steroid dienone is 1. The molecule has 1 aliphatic heterocycles. The van der Waals surface area contributed by atoms with E-state index in [1.54, 1.807) is 41.8 Å². The molecule has 3 aromatic rings. The second-order valence-corrected chi connectivity index (χ2v) is 8.13. The summed E-state index contributed by atoms with van der Waals surface area (Å²) < 4.78 is 11.2. The average molecular weight is 433 g/mol. The van der Waals surface area contributed by atoms with E-state index < -0.39 is 0 Å². The van der Waals surface area contributed by atoms with E-state index in [9.17, 15) is 4.79 Å². The molecule has 3 heterocycles. The Hall–Kier alpha value is -3.31. The predicted molar refractivity (Wildman–Crippen MR) is 120 cm³/mol. The number of amides is 1. The zero-order valence-corrected chi connectivity index (χ0v) is 17.5. The second kappa shape index (κ2) is 8.44. The molecule has 0 radical (unpaired) electrons. The molecule has 1 aliphatic carbocycles. The Kier molecular flexibility index (Phi) is 5.35. The maximum absolute atomic E-state index is 13.2. The number of rotatable bonds is 4. The SMILES string of the molecule is O=C(/C=C/c1ccc(Cl)cc1)N1N=C2/C(=C/c3ccco3)CCCC2C1c1ccco1. The standard InChI is InChI=1S/C25H21ClN2O3/c26-19-11-8-17(9-12-19)10-13-23(29)28-25(22-7-3-15-31-22)21-6-1-4-18(24(21)27-28)16-20-5-2-14-30-20/h2-3,5,7-16,21,25H,1,4,6H2/b13-10+,18-16+. The minimum atomic E-state index is -0.257. The molecule has 0 saturated heterocycles. The van der Waals surface area contributed by atoms with E-state index in [0.717, 1.165) is 47.6 Å². The van der Waals surface area contributed by atoms with Crippen molar-refractivity contribution in [3.05, 3.63) is 94.8 Å². The lowest BCUT2D eigenvalue weighted by Gasteiger charge is -2.27. The fourth-order valence-corrected chi connectivity index (χ4v) is 4.41. The van der Waals surface area contributed by atoms with Crippen molar-refractivity contribution in [1.82, 2.24) is 5.01 Å². The molecule has 5 nitrogen and oxygen atoms in total. The summed E-state index contributed by atoms with van der Waals surface area (Å²) in [4.78, 5) is 13.2. The van der Waals surface area contributed by atoms with E-state index in [2.05, 4.69) is 0 Å². The predicted octanol–water partition coefficient (Wildman–Crippen LogP) is 6.36. The summed E-state index contributed by atoms with van der Waals surface area (Å²) in [5.74, 6) is 1.45. The molecule has 5 rings (SSSR count). The zero-order valence-electron chi connectivity index (χ0n) is 16.8. The van der Waals surface area contributed by atoms with Crippen molar-refractivity contribution in [3.8, 4) is 0 Å². The number of hydrogen-bond acceptors (Lipinski definition) is 4. The Bertz CT molecular complexity index is 1140. The molecule has 2 aromatic heterocycles. The maximum Gasteiger partial charge on any atom is 0.267 e. The Labute approximate surface area is 185 Å². The first-order chi connectivity index (χ1) is 15.2. The van der Waals surface area contributed by atoms with Crippen LogP contribution in [0.25, 0.3) is 12.2 Å². The van der Waals surface area contributed by atoms with Gasteiger partial charge in [0, 0.05) is 17.0 Å². The van der Waals surface area contributed by atoms with Gasteiger partial charge in [-0.05, 0) is 78.9 Å². The lowest BCUT2D eigenvalue weighted by Crippen LogP contribution is -2.30. The highest BCUT2D eigenvalue weighted by molar-refractivity contribution is 6.30. The summed E-state index contributed by atoms with van der Waals surface area (Å²) in [5.41, 5.74) is 2.95. The lowest BCUT2D eigenvalue weighted by molar-refractivity contribution is -0.128. The summed E-state index contributed by atoms with van der Waals surface area (Å²) in [5, 5.41) is 7.02. The van der Waals surface area contributed by atoms with Crippen molar-refractivity contribution in [2.45, 2.75) is 25.3 Å². The molecule has 0 N–H and O–H groups in total. The number of nitrogens with zero attached hydrogens (tertiary/aromatic N) is 2. The van der Waals surface area contributed by atoms with Gasteiger partial charge in [-0.1, -0.05) is 23.7 Å². The number of hydrazone groups is 1. The third-order valence-corrected chi connectivity index (χ3v) is 5.96. The van der Waals surface area contributed by atoms with Crippen LogP contribution in [0, 0.1) is 5.92 Å². The molecule has 2 unspecified atom stereocenters. The van der Waals surface area contributed by atoms with Gasteiger partial charge in [-0.15, -0.1) is 0 Å². The van der Waals surface area contributed by atoms with Gasteiger partial charge < -0.3 is 8.83 Å². The van der Waals surface area contributed by atoms with Gasteiger partial charge in [-0.2, -0.15) is 5.10 Å². The summed E-state index contributed by atoms with van der Waals surface area (Å²) in [7, 11) is 0. The highest BCUT2D eigenvalue weighted by Crippen LogP contribution is 2.44. The summed E-state index contributed by atoms with van der Waals surface area (Å²) >= 11 is 5.95. The van der Waals surface area contributed by atoms with Gasteiger partial charge in [0.25, 0.3) is 5.91 Å². The minimum absolute atomic E-state index is 0.0917. The molecule has 0 bridgehead atoms. The van der Waals surface area contributed by atoms with Crippen molar-refractivity contribution >= 4 is 35.4 Å². The van der Waals surface area contributed by atoms with Gasteiger partial charge in [0.1, 0.15) is 17.6 Å². The average Bonchev–Trinajstić information content (AvgIpc) is 3.54. The van der Waals surface area contributed by atoms with Crippen molar-refractivity contribution < 1.29 is 13.6 Å². The first-order valence-corrected chi connectivity index (χ1v) is 10.7. The van der Waals surface area contributed by atoms with E-state index in [1.165, 1.54) is 0 Å². The minimum Gasteiger partial charge on any atom is -0.467 e. The molecule has 2 atom stereocenters. The smallest absolute Gasteiger partial charge is 0.267 e. The Morgan fingerprint density at radius 3 is 2.65 bits per heavy atom. The van der Waals surface area contributed by atoms with Gasteiger partial charge in [0.2, 0.25) is 0 Å². The van der Waals surface area contributed by atoms with E-state index >= 15 is 0 Å². The molecular weight excluding hydrogens is 412 g/mol. The van der Waals surface area contributed by atoms with Crippen LogP contribution in [-0.2, 0) is 4.79 Å². The molecule has 1 fully saturated rings. The van der Waals surface area contributed by atoms with Crippen molar-refractivity contribution in [2.75, 3.05) is 0 Å². The van der Waals surface area contributed by atoms with Crippen LogP contribution in [0.4, 0.5) is 0 Å². The van der Waals surface area contributed by atoms with Crippen LogP contribution in [0.2, 0.25) is 5.02 Å². The normalized spacial score (nSPS) is 22.2. The van der Waals surface area contributed by atoms with E-state index in [0.29, 0.717) is 5.02 Å². The Morgan fingerprint density at radius 2 is 1.90 bits per heavy atom. The van der Waals surface area contributed by atoms with E-state index in [-0.39, 0.29) is 17.9 Å². The summed E-state index contributed by atoms with van der Waals surface area (Å²) in [6.07, 6.45) is 11.5. The third kappa shape index (κ3) is 4.01. The monoisotopic (exact) mass is 432 g/mol. The Morgan fingerprint density at radius 1 is 1.10 bits per heavy atom. The van der Waals surface area contributed by atoms with E-state index in [4.69, 9.17) is 25.5 Å². The van der Waals surface area contributed by atoms with Gasteiger partial charge in [0.15, 0.2) is 0 Å².